The Morgan fingerprint density at radius 1 is 1.75 bits per heavy atom. The number of rotatable bonds is 1. The summed E-state index contributed by atoms with van der Waals surface area (Å²) in [5.74, 6) is -2.91. The molecule has 0 aliphatic carbocycles. The van der Waals surface area contributed by atoms with Crippen molar-refractivity contribution in [3.63, 3.8) is 0 Å². The number of likely N-dealkylation sites (tertiary alicyclic amines) is 1. The number of hydrogen-bond donors (Lipinski definition) is 2. The predicted molar refractivity (Wildman–Crippen MR) is 37.1 cm³/mol. The second-order valence-electron chi connectivity index (χ2n) is 2.86. The summed E-state index contributed by atoms with van der Waals surface area (Å²) >= 11 is 0. The van der Waals surface area contributed by atoms with Crippen molar-refractivity contribution in [2.75, 3.05) is 13.1 Å². The maximum absolute atomic E-state index is 12.6. The van der Waals surface area contributed by atoms with Gasteiger partial charge in [-0.1, -0.05) is 0 Å². The Labute approximate surface area is 67.9 Å². The van der Waals surface area contributed by atoms with Gasteiger partial charge in [0.2, 0.25) is 0 Å². The lowest BCUT2D eigenvalue weighted by Gasteiger charge is -2.17. The molecule has 1 heterocycles. The summed E-state index contributed by atoms with van der Waals surface area (Å²) in [5, 5.41) is 8.48. The van der Waals surface area contributed by atoms with Crippen LogP contribution in [0.3, 0.4) is 0 Å². The number of nitrogens with two attached hydrogens (primary N) is 1. The zero-order valence-corrected chi connectivity index (χ0v) is 6.33. The maximum atomic E-state index is 12.6. The van der Waals surface area contributed by atoms with Gasteiger partial charge in [-0.25, -0.2) is 13.6 Å². The lowest BCUT2D eigenvalue weighted by molar-refractivity contribution is 0.0126. The monoisotopic (exact) mass is 180 g/mol. The molecule has 1 fully saturated rings. The molecule has 0 saturated carbocycles. The molecule has 1 amide bonds. The van der Waals surface area contributed by atoms with E-state index in [-0.39, 0.29) is 6.54 Å². The fourth-order valence-corrected chi connectivity index (χ4v) is 1.33. The number of carboxylic acid groups (broad SMARTS) is 1. The van der Waals surface area contributed by atoms with Gasteiger partial charge in [-0.2, -0.15) is 0 Å². The number of nitrogens with zero attached hydrogens (tertiary/aromatic N) is 1. The van der Waals surface area contributed by atoms with Gasteiger partial charge in [-0.05, 0) is 0 Å². The van der Waals surface area contributed by atoms with Crippen molar-refractivity contribution in [1.82, 2.24) is 4.90 Å². The van der Waals surface area contributed by atoms with Gasteiger partial charge in [0.1, 0.15) is 0 Å². The van der Waals surface area contributed by atoms with Crippen molar-refractivity contribution in [2.45, 2.75) is 18.4 Å². The van der Waals surface area contributed by atoms with Gasteiger partial charge in [0.15, 0.2) is 0 Å². The third-order valence-corrected chi connectivity index (χ3v) is 1.89. The Kier molecular flexibility index (Phi) is 2.18. The molecule has 70 valence electrons. The van der Waals surface area contributed by atoms with Gasteiger partial charge in [-0.15, -0.1) is 0 Å². The normalized spacial score (nSPS) is 27.6. The Balaban J connectivity index is 2.69. The zero-order chi connectivity index (χ0) is 9.35. The number of carbonyl (C=O) groups is 1. The van der Waals surface area contributed by atoms with Gasteiger partial charge in [0, 0.05) is 13.0 Å². The molecule has 0 bridgehead atoms. The molecular weight excluding hydrogens is 170 g/mol. The number of halogens is 2. The van der Waals surface area contributed by atoms with Crippen LogP contribution in [0.2, 0.25) is 0 Å². The molecule has 0 radical (unpaired) electrons. The van der Waals surface area contributed by atoms with Gasteiger partial charge < -0.3 is 10.8 Å². The van der Waals surface area contributed by atoms with E-state index < -0.39 is 31.0 Å². The number of alkyl halides is 2. The van der Waals surface area contributed by atoms with Crippen LogP contribution in [-0.2, 0) is 0 Å². The van der Waals surface area contributed by atoms with Gasteiger partial charge >= 0.3 is 6.09 Å². The summed E-state index contributed by atoms with van der Waals surface area (Å²) < 4.78 is 25.3. The molecule has 1 aliphatic rings. The largest absolute Gasteiger partial charge is 0.465 e. The fraction of sp³-hybridized carbons (Fsp3) is 0.833. The van der Waals surface area contributed by atoms with E-state index in [1.54, 1.807) is 0 Å². The van der Waals surface area contributed by atoms with E-state index in [1.807, 2.05) is 0 Å². The van der Waals surface area contributed by atoms with Crippen LogP contribution in [0.5, 0.6) is 0 Å². The first-order valence-electron chi connectivity index (χ1n) is 3.54. The Morgan fingerprint density at radius 2 is 2.33 bits per heavy atom. The predicted octanol–water partition coefficient (Wildman–Crippen LogP) is 0.333. The quantitative estimate of drug-likeness (QED) is 0.611. The minimum atomic E-state index is -2.91. The Bertz CT molecular complexity index is 198. The maximum Gasteiger partial charge on any atom is 0.407 e. The molecule has 0 aromatic rings. The van der Waals surface area contributed by atoms with E-state index in [2.05, 4.69) is 0 Å². The van der Waals surface area contributed by atoms with E-state index in [1.165, 1.54) is 0 Å². The molecule has 0 aromatic heterocycles. The highest BCUT2D eigenvalue weighted by atomic mass is 19.3. The van der Waals surface area contributed by atoms with Crippen LogP contribution in [0, 0.1) is 0 Å². The topological polar surface area (TPSA) is 66.6 Å². The molecule has 1 rings (SSSR count). The Hall–Kier alpha value is -0.910. The van der Waals surface area contributed by atoms with E-state index in [4.69, 9.17) is 10.8 Å². The first-order valence-corrected chi connectivity index (χ1v) is 3.54. The van der Waals surface area contributed by atoms with Crippen molar-refractivity contribution in [1.29, 1.82) is 0 Å². The third-order valence-electron chi connectivity index (χ3n) is 1.89. The van der Waals surface area contributed by atoms with Crippen molar-refractivity contribution in [3.8, 4) is 0 Å². The summed E-state index contributed by atoms with van der Waals surface area (Å²) in [6.07, 6.45) is -1.79. The van der Waals surface area contributed by atoms with Crippen molar-refractivity contribution in [2.24, 2.45) is 5.73 Å². The lowest BCUT2D eigenvalue weighted by Crippen LogP contribution is -2.39. The number of hydrogen-bond acceptors (Lipinski definition) is 2. The minimum Gasteiger partial charge on any atom is -0.465 e. The van der Waals surface area contributed by atoms with E-state index >= 15 is 0 Å². The zero-order valence-electron chi connectivity index (χ0n) is 6.33. The molecule has 0 unspecified atom stereocenters. The van der Waals surface area contributed by atoms with Crippen LogP contribution in [0.15, 0.2) is 0 Å². The molecule has 12 heavy (non-hydrogen) atoms. The smallest absolute Gasteiger partial charge is 0.407 e. The van der Waals surface area contributed by atoms with Gasteiger partial charge in [0.05, 0.1) is 12.6 Å². The molecule has 1 saturated heterocycles. The highest BCUT2D eigenvalue weighted by Crippen LogP contribution is 2.31. The molecule has 0 spiro atoms. The second kappa shape index (κ2) is 2.85. The van der Waals surface area contributed by atoms with Crippen LogP contribution < -0.4 is 5.73 Å². The fourth-order valence-electron chi connectivity index (χ4n) is 1.33. The summed E-state index contributed by atoms with van der Waals surface area (Å²) in [4.78, 5) is 11.1. The second-order valence-corrected chi connectivity index (χ2v) is 2.86. The first kappa shape index (κ1) is 9.18. The van der Waals surface area contributed by atoms with Crippen LogP contribution >= 0.6 is 0 Å². The number of amides is 1. The van der Waals surface area contributed by atoms with Gasteiger partial charge in [-0.3, -0.25) is 4.90 Å². The average molecular weight is 180 g/mol. The molecule has 3 N–H and O–H groups in total. The van der Waals surface area contributed by atoms with E-state index in [0.29, 0.717) is 4.90 Å². The molecule has 0 aromatic carbocycles. The lowest BCUT2D eigenvalue weighted by atomic mass is 10.2. The average Bonchev–Trinajstić information content (AvgIpc) is 2.25. The highest BCUT2D eigenvalue weighted by Gasteiger charge is 2.46. The highest BCUT2D eigenvalue weighted by molar-refractivity contribution is 5.66. The van der Waals surface area contributed by atoms with Crippen LogP contribution in [0.4, 0.5) is 13.6 Å². The SMILES string of the molecule is NC[C@@H]1CC(F)(F)CN1C(=O)O. The third kappa shape index (κ3) is 1.63. The molecule has 1 aliphatic heterocycles. The minimum absolute atomic E-state index is 0.0537. The molecule has 1 atom stereocenters. The standard InChI is InChI=1S/C6H10F2N2O2/c7-6(8)1-4(2-9)10(3-6)5(11)12/h4H,1-3,9H2,(H,11,12)/t4-/m0/s1. The first-order chi connectivity index (χ1) is 5.46. The van der Waals surface area contributed by atoms with Crippen molar-refractivity contribution >= 4 is 6.09 Å². The van der Waals surface area contributed by atoms with E-state index in [9.17, 15) is 13.6 Å². The summed E-state index contributed by atoms with van der Waals surface area (Å²) in [6.45, 7) is -0.786. The van der Waals surface area contributed by atoms with Crippen LogP contribution in [0.25, 0.3) is 0 Å². The molecule has 6 heteroatoms. The van der Waals surface area contributed by atoms with Crippen LogP contribution in [0.1, 0.15) is 6.42 Å². The summed E-state index contributed by atoms with van der Waals surface area (Å²) in [6, 6.07) is -0.738. The van der Waals surface area contributed by atoms with Crippen LogP contribution in [-0.4, -0.2) is 41.2 Å². The Morgan fingerprint density at radius 3 is 2.67 bits per heavy atom. The molecule has 4 nitrogen and oxygen atoms in total. The van der Waals surface area contributed by atoms with Crippen molar-refractivity contribution in [3.05, 3.63) is 0 Å². The van der Waals surface area contributed by atoms with Crippen molar-refractivity contribution < 1.29 is 18.7 Å². The summed E-state index contributed by atoms with van der Waals surface area (Å²) in [7, 11) is 0. The van der Waals surface area contributed by atoms with E-state index in [0.717, 1.165) is 0 Å². The molecular formula is C6H10F2N2O2. The van der Waals surface area contributed by atoms with Gasteiger partial charge in [0.25, 0.3) is 5.92 Å². The summed E-state index contributed by atoms with van der Waals surface area (Å²) in [5.41, 5.74) is 5.14.